The maximum Gasteiger partial charge on any atom is 0.338 e. The minimum absolute atomic E-state index is 0.228. The first-order chi connectivity index (χ1) is 19.8. The lowest BCUT2D eigenvalue weighted by molar-refractivity contribution is -0.136. The predicted molar refractivity (Wildman–Crippen MR) is 156 cm³/mol. The van der Waals surface area contributed by atoms with Crippen molar-refractivity contribution in [2.45, 2.75) is 19.6 Å². The molecule has 5 rings (SSSR count). The van der Waals surface area contributed by atoms with Crippen molar-refractivity contribution in [3.63, 3.8) is 0 Å². The van der Waals surface area contributed by atoms with E-state index in [4.69, 9.17) is 25.8 Å². The number of hydrogen-bond donors (Lipinski definition) is 0. The van der Waals surface area contributed by atoms with Crippen molar-refractivity contribution in [2.24, 2.45) is 4.99 Å². The van der Waals surface area contributed by atoms with Crippen molar-refractivity contribution in [1.29, 1.82) is 5.26 Å². The lowest BCUT2D eigenvalue weighted by Crippen LogP contribution is -2.40. The number of allylic oxidation sites excluding steroid dienone is 1. The number of carbonyl (C=O) groups excluding carboxylic acids is 1. The third-order valence-electron chi connectivity index (χ3n) is 6.62. The first-order valence-corrected chi connectivity index (χ1v) is 13.7. The Morgan fingerprint density at radius 1 is 1.15 bits per heavy atom. The van der Waals surface area contributed by atoms with Crippen LogP contribution in [0.5, 0.6) is 11.5 Å². The van der Waals surface area contributed by atoms with Gasteiger partial charge in [-0.05, 0) is 55.0 Å². The lowest BCUT2D eigenvalue weighted by atomic mass is 9.95. The van der Waals surface area contributed by atoms with Crippen LogP contribution in [0, 0.1) is 11.3 Å². The molecule has 8 nitrogen and oxygen atoms in total. The quantitative estimate of drug-likeness (QED) is 0.296. The predicted octanol–water partition coefficient (Wildman–Crippen LogP) is 4.52. The zero-order valence-corrected chi connectivity index (χ0v) is 24.0. The number of esters is 1. The fraction of sp³-hybridized carbons (Fsp3) is 0.161. The molecule has 0 saturated carbocycles. The van der Waals surface area contributed by atoms with Gasteiger partial charge in [-0.3, -0.25) is 9.36 Å². The molecule has 0 unspecified atom stereocenters. The van der Waals surface area contributed by atoms with Gasteiger partial charge in [-0.2, -0.15) is 5.26 Å². The van der Waals surface area contributed by atoms with Crippen LogP contribution in [0.1, 0.15) is 35.2 Å². The maximum atomic E-state index is 13.8. The molecule has 0 spiro atoms. The van der Waals surface area contributed by atoms with Crippen molar-refractivity contribution in [1.82, 2.24) is 4.57 Å². The Hall–Kier alpha value is -4.65. The Balaban J connectivity index is 1.53. The van der Waals surface area contributed by atoms with E-state index in [9.17, 15) is 14.9 Å². The summed E-state index contributed by atoms with van der Waals surface area (Å²) in [4.78, 5) is 31.8. The van der Waals surface area contributed by atoms with E-state index < -0.39 is 12.0 Å². The molecule has 0 radical (unpaired) electrons. The highest BCUT2D eigenvalue weighted by Gasteiger charge is 2.35. The number of nitriles is 1. The van der Waals surface area contributed by atoms with Crippen LogP contribution in [0.3, 0.4) is 0 Å². The third kappa shape index (κ3) is 5.53. The van der Waals surface area contributed by atoms with E-state index in [1.807, 2.05) is 30.3 Å². The van der Waals surface area contributed by atoms with Gasteiger partial charge in [0.05, 0.1) is 41.7 Å². The van der Waals surface area contributed by atoms with E-state index in [2.05, 4.69) is 11.1 Å². The van der Waals surface area contributed by atoms with Crippen LogP contribution < -0.4 is 24.4 Å². The number of nitrogens with zero attached hydrogens (tertiary/aromatic N) is 3. The zero-order valence-electron chi connectivity index (χ0n) is 22.4. The summed E-state index contributed by atoms with van der Waals surface area (Å²) < 4.78 is 18.4. The smallest absolute Gasteiger partial charge is 0.338 e. The number of ether oxygens (including phenoxy) is 3. The van der Waals surface area contributed by atoms with E-state index in [0.29, 0.717) is 42.7 Å². The van der Waals surface area contributed by atoms with Crippen LogP contribution in [0.25, 0.3) is 6.08 Å². The van der Waals surface area contributed by atoms with Gasteiger partial charge in [-0.15, -0.1) is 0 Å². The Kier molecular flexibility index (Phi) is 8.06. The van der Waals surface area contributed by atoms with Gasteiger partial charge >= 0.3 is 5.97 Å². The van der Waals surface area contributed by atoms with Gasteiger partial charge in [0.1, 0.15) is 24.1 Å². The van der Waals surface area contributed by atoms with Crippen LogP contribution in [0.15, 0.2) is 87.8 Å². The summed E-state index contributed by atoms with van der Waals surface area (Å²) >= 11 is 7.55. The van der Waals surface area contributed by atoms with Crippen molar-refractivity contribution in [2.75, 3.05) is 14.2 Å². The van der Waals surface area contributed by atoms with E-state index in [-0.39, 0.29) is 17.7 Å². The topological polar surface area (TPSA) is 103 Å². The summed E-state index contributed by atoms with van der Waals surface area (Å²) in [5, 5.41) is 9.71. The van der Waals surface area contributed by atoms with Gasteiger partial charge in [0, 0.05) is 16.1 Å². The number of methoxy groups -OCH3 is 2. The Labute approximate surface area is 244 Å². The SMILES string of the molecule is COC(=O)C1=C(C)N=c2s/c(=C\c3ccc(OCc4ccccc4C#N)cc3)c(=O)n2[C@@H]1c1cc(Cl)ccc1OC. The number of aromatic nitrogens is 1. The number of fused-ring (bicyclic) bond motifs is 1. The van der Waals surface area contributed by atoms with E-state index in [1.54, 1.807) is 49.4 Å². The molecule has 0 fully saturated rings. The molecule has 0 N–H and O–H groups in total. The maximum absolute atomic E-state index is 13.8. The molecule has 0 amide bonds. The molecule has 1 aliphatic heterocycles. The lowest BCUT2D eigenvalue weighted by Gasteiger charge is -2.25. The highest BCUT2D eigenvalue weighted by Crippen LogP contribution is 2.37. The van der Waals surface area contributed by atoms with Crippen molar-refractivity contribution >= 4 is 35.0 Å². The molecule has 3 aromatic carbocycles. The number of thiazole rings is 1. The van der Waals surface area contributed by atoms with Crippen LogP contribution in [-0.2, 0) is 16.1 Å². The minimum atomic E-state index is -0.846. The minimum Gasteiger partial charge on any atom is -0.496 e. The molecule has 4 aromatic rings. The van der Waals surface area contributed by atoms with Gasteiger partial charge in [0.2, 0.25) is 0 Å². The molecule has 0 aliphatic carbocycles. The number of carbonyl (C=O) groups is 1. The van der Waals surface area contributed by atoms with E-state index >= 15 is 0 Å². The highest BCUT2D eigenvalue weighted by molar-refractivity contribution is 7.07. The Morgan fingerprint density at radius 3 is 2.61 bits per heavy atom. The highest BCUT2D eigenvalue weighted by atomic mass is 35.5. The van der Waals surface area contributed by atoms with Crippen LogP contribution >= 0.6 is 22.9 Å². The summed E-state index contributed by atoms with van der Waals surface area (Å²) in [5.41, 5.74) is 3.04. The second-order valence-electron chi connectivity index (χ2n) is 9.09. The average molecular weight is 586 g/mol. The molecule has 2 heterocycles. The monoisotopic (exact) mass is 585 g/mol. The molecule has 1 aromatic heterocycles. The van der Waals surface area contributed by atoms with Crippen LogP contribution in [0.2, 0.25) is 5.02 Å². The molecule has 1 atom stereocenters. The zero-order chi connectivity index (χ0) is 29.1. The third-order valence-corrected chi connectivity index (χ3v) is 7.84. The molecule has 0 saturated heterocycles. The van der Waals surface area contributed by atoms with E-state index in [0.717, 1.165) is 11.1 Å². The normalized spacial score (nSPS) is 14.6. The van der Waals surface area contributed by atoms with Gasteiger partial charge in [0.15, 0.2) is 4.80 Å². The summed E-state index contributed by atoms with van der Waals surface area (Å²) in [7, 11) is 2.80. The number of rotatable bonds is 7. The first kappa shape index (κ1) is 27.9. The molecule has 41 heavy (non-hydrogen) atoms. The number of benzene rings is 3. The van der Waals surface area contributed by atoms with Gasteiger partial charge in [-0.25, -0.2) is 9.79 Å². The molecular formula is C31H24ClN3O5S. The van der Waals surface area contributed by atoms with Crippen LogP contribution in [-0.4, -0.2) is 24.8 Å². The van der Waals surface area contributed by atoms with Crippen molar-refractivity contribution < 1.29 is 19.0 Å². The standard InChI is InChI=1S/C31H24ClN3O5S/c1-18-27(30(37)39-3)28(24-15-22(32)10-13-25(24)38-2)35-29(36)26(41-31(35)34-18)14-19-8-11-23(12-9-19)40-17-21-7-5-4-6-20(21)16-33/h4-15,28H,17H2,1-3H3/b26-14-/t28-/m1/s1. The fourth-order valence-corrected chi connectivity index (χ4v) is 5.86. The second-order valence-corrected chi connectivity index (χ2v) is 10.5. The van der Waals surface area contributed by atoms with Crippen LogP contribution in [0.4, 0.5) is 0 Å². The first-order valence-electron chi connectivity index (χ1n) is 12.5. The number of halogens is 1. The summed E-state index contributed by atoms with van der Waals surface area (Å²) in [6, 6.07) is 20.9. The number of hydrogen-bond acceptors (Lipinski definition) is 8. The Morgan fingerprint density at radius 2 is 1.90 bits per heavy atom. The van der Waals surface area contributed by atoms with Gasteiger partial charge < -0.3 is 14.2 Å². The summed E-state index contributed by atoms with van der Waals surface area (Å²) in [6.07, 6.45) is 1.77. The van der Waals surface area contributed by atoms with Gasteiger partial charge in [-0.1, -0.05) is 53.3 Å². The largest absolute Gasteiger partial charge is 0.496 e. The van der Waals surface area contributed by atoms with Crippen molar-refractivity contribution in [3.05, 3.63) is 125 Å². The van der Waals surface area contributed by atoms with Gasteiger partial charge in [0.25, 0.3) is 5.56 Å². The molecule has 206 valence electrons. The molecule has 10 heteroatoms. The van der Waals surface area contributed by atoms with E-state index in [1.165, 1.54) is 30.1 Å². The molecular weight excluding hydrogens is 562 g/mol. The second kappa shape index (κ2) is 11.8. The molecule has 0 bridgehead atoms. The fourth-order valence-electron chi connectivity index (χ4n) is 4.63. The summed E-state index contributed by atoms with van der Waals surface area (Å²) in [6.45, 7) is 1.97. The molecule has 1 aliphatic rings. The summed E-state index contributed by atoms with van der Waals surface area (Å²) in [5.74, 6) is 0.501. The Bertz CT molecular complexity index is 1900. The van der Waals surface area contributed by atoms with Crippen molar-refractivity contribution in [3.8, 4) is 17.6 Å². The average Bonchev–Trinajstić information content (AvgIpc) is 3.29.